The van der Waals surface area contributed by atoms with Gasteiger partial charge in [-0.05, 0) is 0 Å². The number of nitro groups is 2. The molecule has 0 rings (SSSR count). The summed E-state index contributed by atoms with van der Waals surface area (Å²) in [5.41, 5.74) is 0. The van der Waals surface area contributed by atoms with Gasteiger partial charge >= 0.3 is 20.6 Å². The molecule has 0 N–H and O–H groups in total. The van der Waals surface area contributed by atoms with Gasteiger partial charge < -0.3 is 0 Å². The zero-order valence-corrected chi connectivity index (χ0v) is 7.62. The van der Waals surface area contributed by atoms with Gasteiger partial charge in [-0.2, -0.15) is 10.5 Å². The fraction of sp³-hybridized carbons (Fsp3) is 0.500. The molecule has 2 atom stereocenters. The van der Waals surface area contributed by atoms with Crippen molar-refractivity contribution in [2.75, 3.05) is 0 Å². The second-order valence-corrected chi connectivity index (χ2v) is 4.19. The monoisotopic (exact) mass is 234 g/mol. The Morgan fingerprint density at radius 1 is 1.00 bits per heavy atom. The van der Waals surface area contributed by atoms with Crippen molar-refractivity contribution in [1.29, 1.82) is 10.5 Å². The fourth-order valence-electron chi connectivity index (χ4n) is 0.603. The molecule has 0 heterocycles. The summed E-state index contributed by atoms with van der Waals surface area (Å²) in [4.78, 5) is 17.2. The van der Waals surface area contributed by atoms with Gasteiger partial charge in [0, 0.05) is 0 Å². The number of nitrogens with zero attached hydrogens (tertiary/aromatic N) is 4. The molecule has 0 fully saturated rings. The summed E-state index contributed by atoms with van der Waals surface area (Å²) in [5, 5.41) is 30.9. The van der Waals surface area contributed by atoms with Crippen molar-refractivity contribution >= 4 is 9.84 Å². The van der Waals surface area contributed by atoms with E-state index in [2.05, 4.69) is 0 Å². The fourth-order valence-corrected chi connectivity index (χ4v) is 1.62. The molecule has 0 aliphatic carbocycles. The second kappa shape index (κ2) is 4.30. The van der Waals surface area contributed by atoms with E-state index in [1.54, 1.807) is 0 Å². The third-order valence-electron chi connectivity index (χ3n) is 1.23. The predicted molar refractivity (Wildman–Crippen MR) is 41.7 cm³/mol. The van der Waals surface area contributed by atoms with Gasteiger partial charge in [-0.15, -0.1) is 0 Å². The molecule has 0 aliphatic rings. The highest BCUT2D eigenvalue weighted by Crippen LogP contribution is 2.10. The summed E-state index contributed by atoms with van der Waals surface area (Å²) in [7, 11) is -5.08. The van der Waals surface area contributed by atoms with E-state index < -0.39 is 30.4 Å². The Hall–Kier alpha value is -2.27. The molecule has 0 saturated carbocycles. The Morgan fingerprint density at radius 3 is 1.40 bits per heavy atom. The van der Waals surface area contributed by atoms with E-state index in [9.17, 15) is 28.6 Å². The van der Waals surface area contributed by atoms with Crippen LogP contribution in [0.2, 0.25) is 0 Å². The highest BCUT2D eigenvalue weighted by molar-refractivity contribution is 7.92. The molecule has 0 radical (unpaired) electrons. The molecule has 0 aromatic heterocycles. The van der Waals surface area contributed by atoms with Crippen LogP contribution < -0.4 is 0 Å². The number of hydrogen-bond acceptors (Lipinski definition) is 8. The maximum absolute atomic E-state index is 11.0. The average Bonchev–Trinajstić information content (AvgIpc) is 2.02. The Bertz CT molecular complexity index is 430. The van der Waals surface area contributed by atoms with Crippen LogP contribution in [0.5, 0.6) is 0 Å². The summed E-state index contributed by atoms with van der Waals surface area (Å²) >= 11 is 0. The summed E-state index contributed by atoms with van der Waals surface area (Å²) < 4.78 is 22.1. The van der Waals surface area contributed by atoms with Crippen LogP contribution in [-0.4, -0.2) is 29.0 Å². The first kappa shape index (κ1) is 12.7. The van der Waals surface area contributed by atoms with Crippen LogP contribution in [0.25, 0.3) is 0 Å². The molecule has 11 heteroatoms. The summed E-state index contributed by atoms with van der Waals surface area (Å²) in [6, 6.07) is 1.54. The molecule has 0 aromatic rings. The minimum atomic E-state index is -5.08. The Labute approximate surface area is 82.6 Å². The summed E-state index contributed by atoms with van der Waals surface area (Å²) in [6.07, 6.45) is 0. The average molecular weight is 234 g/mol. The summed E-state index contributed by atoms with van der Waals surface area (Å²) in [6.45, 7) is 0. The van der Waals surface area contributed by atoms with Gasteiger partial charge in [0.15, 0.2) is 12.1 Å². The van der Waals surface area contributed by atoms with E-state index in [0.29, 0.717) is 0 Å². The lowest BCUT2D eigenvalue weighted by Gasteiger charge is -2.02. The third kappa shape index (κ3) is 2.35. The molecule has 0 aromatic carbocycles. The maximum Gasteiger partial charge on any atom is 0.401 e. The van der Waals surface area contributed by atoms with Crippen molar-refractivity contribution in [3.8, 4) is 12.1 Å². The van der Waals surface area contributed by atoms with Crippen molar-refractivity contribution in [2.45, 2.75) is 10.7 Å². The Morgan fingerprint density at radius 2 is 1.27 bits per heavy atom. The first-order valence-corrected chi connectivity index (χ1v) is 4.69. The number of sulfone groups is 1. The minimum absolute atomic E-state index is 0.769. The van der Waals surface area contributed by atoms with E-state index >= 15 is 0 Å². The van der Waals surface area contributed by atoms with Gasteiger partial charge in [-0.1, -0.05) is 0 Å². The standard InChI is InChI=1S/C4H2N4O6S/c5-1-3(7(9)10)15(13,14)4(2-6)8(11)12/h3-4H. The van der Waals surface area contributed by atoms with Crippen LogP contribution in [0.4, 0.5) is 0 Å². The molecule has 0 spiro atoms. The summed E-state index contributed by atoms with van der Waals surface area (Å²) in [5.74, 6) is 0. The number of rotatable bonds is 4. The largest absolute Gasteiger partial charge is 0.401 e. The molecule has 0 amide bonds. The molecule has 0 bridgehead atoms. The molecule has 15 heavy (non-hydrogen) atoms. The van der Waals surface area contributed by atoms with E-state index in [4.69, 9.17) is 10.5 Å². The van der Waals surface area contributed by atoms with E-state index in [-0.39, 0.29) is 0 Å². The molecular formula is C4H2N4O6S. The van der Waals surface area contributed by atoms with Gasteiger partial charge in [0.05, 0.1) is 9.85 Å². The quantitative estimate of drug-likeness (QED) is 0.424. The zero-order chi connectivity index (χ0) is 12.2. The lowest BCUT2D eigenvalue weighted by molar-refractivity contribution is -0.496. The molecule has 0 aliphatic heterocycles. The molecule has 10 nitrogen and oxygen atoms in total. The SMILES string of the molecule is N#CC([N+](=O)[O-])S(=O)(=O)C(C#N)[N+](=O)[O-]. The van der Waals surface area contributed by atoms with Crippen LogP contribution in [-0.2, 0) is 9.84 Å². The zero-order valence-electron chi connectivity index (χ0n) is 6.80. The van der Waals surface area contributed by atoms with E-state index in [0.717, 1.165) is 12.1 Å². The van der Waals surface area contributed by atoms with Gasteiger partial charge in [-0.3, -0.25) is 20.2 Å². The number of hydrogen-bond donors (Lipinski definition) is 0. The van der Waals surface area contributed by atoms with Crippen LogP contribution in [0, 0.1) is 42.9 Å². The molecule has 2 unspecified atom stereocenters. The van der Waals surface area contributed by atoms with E-state index in [1.807, 2.05) is 0 Å². The van der Waals surface area contributed by atoms with Crippen molar-refractivity contribution in [2.24, 2.45) is 0 Å². The van der Waals surface area contributed by atoms with E-state index in [1.165, 1.54) is 0 Å². The number of nitriles is 2. The first-order chi connectivity index (χ1) is 6.78. The third-order valence-corrected chi connectivity index (χ3v) is 3.03. The van der Waals surface area contributed by atoms with Crippen molar-refractivity contribution in [3.05, 3.63) is 20.2 Å². The van der Waals surface area contributed by atoms with Crippen molar-refractivity contribution < 1.29 is 18.3 Å². The second-order valence-electron chi connectivity index (χ2n) is 2.12. The Kier molecular flexibility index (Phi) is 3.65. The molecule has 80 valence electrons. The van der Waals surface area contributed by atoms with Crippen LogP contribution in [0.15, 0.2) is 0 Å². The van der Waals surface area contributed by atoms with Crippen LogP contribution in [0.1, 0.15) is 0 Å². The van der Waals surface area contributed by atoms with Crippen LogP contribution in [0.3, 0.4) is 0 Å². The van der Waals surface area contributed by atoms with Crippen molar-refractivity contribution in [1.82, 2.24) is 0 Å². The molecular weight excluding hydrogens is 232 g/mol. The van der Waals surface area contributed by atoms with Crippen LogP contribution >= 0.6 is 0 Å². The smallest absolute Gasteiger partial charge is 0.262 e. The molecule has 0 saturated heterocycles. The lowest BCUT2D eigenvalue weighted by Crippen LogP contribution is -2.39. The normalized spacial score (nSPS) is 14.3. The highest BCUT2D eigenvalue weighted by atomic mass is 32.2. The Balaban J connectivity index is 5.52. The lowest BCUT2D eigenvalue weighted by atomic mass is 10.7. The predicted octanol–water partition coefficient (Wildman–Crippen LogP) is -1.35. The van der Waals surface area contributed by atoms with Gasteiger partial charge in [0.25, 0.3) is 0 Å². The maximum atomic E-state index is 11.0. The first-order valence-electron chi connectivity index (χ1n) is 3.08. The van der Waals surface area contributed by atoms with Crippen molar-refractivity contribution in [3.63, 3.8) is 0 Å². The van der Waals surface area contributed by atoms with Gasteiger partial charge in [0.2, 0.25) is 0 Å². The minimum Gasteiger partial charge on any atom is -0.262 e. The highest BCUT2D eigenvalue weighted by Gasteiger charge is 2.50. The van der Waals surface area contributed by atoms with Gasteiger partial charge in [-0.25, -0.2) is 8.42 Å². The topological polar surface area (TPSA) is 168 Å². The van der Waals surface area contributed by atoms with Gasteiger partial charge in [0.1, 0.15) is 0 Å².